The summed E-state index contributed by atoms with van der Waals surface area (Å²) in [6.07, 6.45) is -1.06. The predicted octanol–water partition coefficient (Wildman–Crippen LogP) is 3.53. The van der Waals surface area contributed by atoms with Gasteiger partial charge in [0.15, 0.2) is 17.7 Å². The molecule has 6 nitrogen and oxygen atoms in total. The van der Waals surface area contributed by atoms with Gasteiger partial charge < -0.3 is 14.9 Å². The molecule has 0 saturated carbocycles. The van der Waals surface area contributed by atoms with E-state index in [-0.39, 0.29) is 27.8 Å². The van der Waals surface area contributed by atoms with Crippen LogP contribution in [0.25, 0.3) is 0 Å². The Bertz CT molecular complexity index is 1160. The van der Waals surface area contributed by atoms with E-state index in [9.17, 15) is 24.6 Å². The third kappa shape index (κ3) is 2.95. The second kappa shape index (κ2) is 6.91. The highest BCUT2D eigenvalue weighted by Crippen LogP contribution is 2.44. The third-order valence-corrected chi connectivity index (χ3v) is 4.85. The van der Waals surface area contributed by atoms with Crippen LogP contribution in [0.15, 0.2) is 60.7 Å². The quantitative estimate of drug-likeness (QED) is 0.411. The normalized spacial score (nSPS) is 13.4. The van der Waals surface area contributed by atoms with E-state index in [2.05, 4.69) is 0 Å². The predicted molar refractivity (Wildman–Crippen MR) is 103 cm³/mol. The Labute approximate surface area is 166 Å². The van der Waals surface area contributed by atoms with Crippen LogP contribution in [-0.4, -0.2) is 27.7 Å². The molecule has 3 aromatic carbocycles. The summed E-state index contributed by atoms with van der Waals surface area (Å²) >= 11 is 0. The van der Waals surface area contributed by atoms with Crippen LogP contribution in [0.5, 0.6) is 11.5 Å². The SMILES string of the molecule is CC(=O)OC(c1ccccc1)c1cc(O)c2c(c1O)C(=O)c1ccccc1C2=O. The number of ether oxygens (including phenoxy) is 1. The number of fused-ring (bicyclic) bond motifs is 2. The van der Waals surface area contributed by atoms with E-state index >= 15 is 0 Å². The molecule has 0 radical (unpaired) electrons. The fraction of sp³-hybridized carbons (Fsp3) is 0.0870. The molecule has 4 rings (SSSR count). The van der Waals surface area contributed by atoms with Crippen LogP contribution in [0.2, 0.25) is 0 Å². The molecule has 144 valence electrons. The number of hydrogen-bond donors (Lipinski definition) is 2. The fourth-order valence-corrected chi connectivity index (χ4v) is 3.58. The molecule has 1 unspecified atom stereocenters. The van der Waals surface area contributed by atoms with Crippen LogP contribution in [0.4, 0.5) is 0 Å². The first-order valence-electron chi connectivity index (χ1n) is 8.89. The summed E-state index contributed by atoms with van der Waals surface area (Å²) in [5, 5.41) is 21.5. The molecule has 0 heterocycles. The Morgan fingerprint density at radius 1 is 0.862 bits per heavy atom. The number of phenolic OH excluding ortho intramolecular Hbond substituents is 2. The molecular formula is C23H16O6. The zero-order chi connectivity index (χ0) is 20.7. The van der Waals surface area contributed by atoms with E-state index in [1.165, 1.54) is 19.1 Å². The van der Waals surface area contributed by atoms with Crippen LogP contribution in [0.1, 0.15) is 56.0 Å². The molecule has 6 heteroatoms. The summed E-state index contributed by atoms with van der Waals surface area (Å²) in [7, 11) is 0. The smallest absolute Gasteiger partial charge is 0.303 e. The van der Waals surface area contributed by atoms with E-state index < -0.39 is 35.1 Å². The van der Waals surface area contributed by atoms with Gasteiger partial charge in [0.25, 0.3) is 0 Å². The van der Waals surface area contributed by atoms with Crippen LogP contribution in [0, 0.1) is 0 Å². The van der Waals surface area contributed by atoms with Crippen LogP contribution in [0.3, 0.4) is 0 Å². The lowest BCUT2D eigenvalue weighted by Crippen LogP contribution is -2.22. The van der Waals surface area contributed by atoms with Gasteiger partial charge in [-0.1, -0.05) is 54.6 Å². The molecule has 0 saturated heterocycles. The van der Waals surface area contributed by atoms with Gasteiger partial charge in [-0.05, 0) is 11.6 Å². The minimum atomic E-state index is -1.06. The molecule has 1 aliphatic rings. The molecule has 2 N–H and O–H groups in total. The van der Waals surface area contributed by atoms with Crippen molar-refractivity contribution in [3.05, 3.63) is 94.0 Å². The van der Waals surface area contributed by atoms with Gasteiger partial charge in [-0.15, -0.1) is 0 Å². The van der Waals surface area contributed by atoms with Gasteiger partial charge in [0.05, 0.1) is 11.1 Å². The lowest BCUT2D eigenvalue weighted by molar-refractivity contribution is -0.144. The third-order valence-electron chi connectivity index (χ3n) is 4.85. The van der Waals surface area contributed by atoms with Gasteiger partial charge in [0, 0.05) is 23.6 Å². The summed E-state index contributed by atoms with van der Waals surface area (Å²) in [5.41, 5.74) is 0.296. The van der Waals surface area contributed by atoms with E-state index in [0.717, 1.165) is 6.07 Å². The summed E-state index contributed by atoms with van der Waals surface area (Å²) < 4.78 is 5.37. The molecule has 0 bridgehead atoms. The molecule has 0 aliphatic heterocycles. The second-order valence-corrected chi connectivity index (χ2v) is 6.69. The molecule has 1 aliphatic carbocycles. The van der Waals surface area contributed by atoms with Crippen molar-refractivity contribution in [2.24, 2.45) is 0 Å². The number of carbonyl (C=O) groups excluding carboxylic acids is 3. The number of ketones is 2. The number of rotatable bonds is 3. The lowest BCUT2D eigenvalue weighted by Gasteiger charge is -2.24. The Balaban J connectivity index is 1.96. The summed E-state index contributed by atoms with van der Waals surface area (Å²) in [6.45, 7) is 1.22. The molecule has 0 fully saturated rings. The van der Waals surface area contributed by atoms with Crippen molar-refractivity contribution in [3.8, 4) is 11.5 Å². The molecule has 3 aromatic rings. The maximum atomic E-state index is 13.0. The number of aromatic hydroxyl groups is 2. The molecule has 0 spiro atoms. The van der Waals surface area contributed by atoms with Gasteiger partial charge in [0.1, 0.15) is 11.5 Å². The van der Waals surface area contributed by atoms with Crippen molar-refractivity contribution >= 4 is 17.5 Å². The number of carbonyl (C=O) groups is 3. The van der Waals surface area contributed by atoms with Crippen molar-refractivity contribution in [2.75, 3.05) is 0 Å². The largest absolute Gasteiger partial charge is 0.507 e. The molecule has 1 atom stereocenters. The Kier molecular flexibility index (Phi) is 4.39. The number of hydrogen-bond acceptors (Lipinski definition) is 6. The minimum absolute atomic E-state index is 0.0168. The van der Waals surface area contributed by atoms with Gasteiger partial charge in [-0.25, -0.2) is 0 Å². The van der Waals surface area contributed by atoms with Crippen molar-refractivity contribution in [1.82, 2.24) is 0 Å². The zero-order valence-electron chi connectivity index (χ0n) is 15.4. The van der Waals surface area contributed by atoms with Gasteiger partial charge in [0.2, 0.25) is 0 Å². The number of phenols is 2. The van der Waals surface area contributed by atoms with Gasteiger partial charge >= 0.3 is 5.97 Å². The lowest BCUT2D eigenvalue weighted by atomic mass is 9.81. The fourth-order valence-electron chi connectivity index (χ4n) is 3.58. The van der Waals surface area contributed by atoms with Gasteiger partial charge in [-0.3, -0.25) is 14.4 Å². The molecule has 0 amide bonds. The van der Waals surface area contributed by atoms with Crippen molar-refractivity contribution in [1.29, 1.82) is 0 Å². The van der Waals surface area contributed by atoms with Crippen LogP contribution < -0.4 is 0 Å². The van der Waals surface area contributed by atoms with Crippen molar-refractivity contribution < 1.29 is 29.3 Å². The van der Waals surface area contributed by atoms with E-state index in [0.29, 0.717) is 5.56 Å². The Morgan fingerprint density at radius 3 is 2.00 bits per heavy atom. The molecular weight excluding hydrogens is 372 g/mol. The molecule has 0 aromatic heterocycles. The summed E-state index contributed by atoms with van der Waals surface area (Å²) in [6, 6.07) is 16.0. The van der Waals surface area contributed by atoms with Crippen LogP contribution >= 0.6 is 0 Å². The molecule has 29 heavy (non-hydrogen) atoms. The highest BCUT2D eigenvalue weighted by atomic mass is 16.5. The number of esters is 1. The highest BCUT2D eigenvalue weighted by molar-refractivity contribution is 6.30. The van der Waals surface area contributed by atoms with Crippen molar-refractivity contribution in [3.63, 3.8) is 0 Å². The summed E-state index contributed by atoms with van der Waals surface area (Å²) in [4.78, 5) is 37.6. The zero-order valence-corrected chi connectivity index (χ0v) is 15.4. The van der Waals surface area contributed by atoms with Crippen molar-refractivity contribution in [2.45, 2.75) is 13.0 Å². The Hall–Kier alpha value is -3.93. The number of benzene rings is 3. The minimum Gasteiger partial charge on any atom is -0.507 e. The second-order valence-electron chi connectivity index (χ2n) is 6.69. The first-order chi connectivity index (χ1) is 13.9. The van der Waals surface area contributed by atoms with Gasteiger partial charge in [-0.2, -0.15) is 0 Å². The standard InChI is InChI=1S/C23H16O6/c1-12(24)29-23(13-7-3-2-4-8-13)16-11-17(25)18-19(22(16)28)21(27)15-10-6-5-9-14(15)20(18)26/h2-11,23,25,28H,1H3. The van der Waals surface area contributed by atoms with E-state index in [4.69, 9.17) is 4.74 Å². The average Bonchev–Trinajstić information content (AvgIpc) is 2.72. The summed E-state index contributed by atoms with van der Waals surface area (Å²) in [5.74, 6) is -2.71. The highest BCUT2D eigenvalue weighted by Gasteiger charge is 2.37. The van der Waals surface area contributed by atoms with Crippen LogP contribution in [-0.2, 0) is 9.53 Å². The maximum absolute atomic E-state index is 13.0. The maximum Gasteiger partial charge on any atom is 0.303 e. The average molecular weight is 388 g/mol. The van der Waals surface area contributed by atoms with E-state index in [1.54, 1.807) is 42.5 Å². The van der Waals surface area contributed by atoms with E-state index in [1.807, 2.05) is 0 Å². The first-order valence-corrected chi connectivity index (χ1v) is 8.89. The first kappa shape index (κ1) is 18.4. The monoisotopic (exact) mass is 388 g/mol. The Morgan fingerprint density at radius 2 is 1.41 bits per heavy atom. The topological polar surface area (TPSA) is 101 Å².